The Kier molecular flexibility index (Phi) is 4.20. The lowest BCUT2D eigenvalue weighted by Crippen LogP contribution is -2.52. The van der Waals surface area contributed by atoms with Crippen molar-refractivity contribution in [2.45, 2.75) is 51.5 Å². The van der Waals surface area contributed by atoms with E-state index < -0.39 is 0 Å². The van der Waals surface area contributed by atoms with Gasteiger partial charge in [-0.25, -0.2) is 0 Å². The van der Waals surface area contributed by atoms with E-state index >= 15 is 0 Å². The van der Waals surface area contributed by atoms with Crippen molar-refractivity contribution in [1.29, 1.82) is 0 Å². The number of hydrogen-bond donors (Lipinski definition) is 0. The Morgan fingerprint density at radius 2 is 2.10 bits per heavy atom. The van der Waals surface area contributed by atoms with Gasteiger partial charge >= 0.3 is 0 Å². The molecule has 3 rings (SSSR count). The van der Waals surface area contributed by atoms with Crippen LogP contribution in [0.1, 0.15) is 45.4 Å². The Hall–Kier alpha value is -1.10. The van der Waals surface area contributed by atoms with Crippen LogP contribution in [0.4, 0.5) is 0 Å². The highest BCUT2D eigenvalue weighted by Crippen LogP contribution is 2.38. The molecule has 2 amide bonds. The van der Waals surface area contributed by atoms with Crippen molar-refractivity contribution in [3.63, 3.8) is 0 Å². The predicted molar refractivity (Wildman–Crippen MR) is 78.7 cm³/mol. The molecule has 0 bridgehead atoms. The molecule has 0 aromatic rings. The molecule has 5 heteroatoms. The number of carbonyl (C=O) groups is 2. The summed E-state index contributed by atoms with van der Waals surface area (Å²) >= 11 is 0. The normalized spacial score (nSPS) is 32.9. The summed E-state index contributed by atoms with van der Waals surface area (Å²) in [5, 5.41) is 0. The Morgan fingerprint density at radius 3 is 2.81 bits per heavy atom. The topological polar surface area (TPSA) is 49.9 Å². The van der Waals surface area contributed by atoms with Gasteiger partial charge in [-0.3, -0.25) is 9.59 Å². The van der Waals surface area contributed by atoms with Gasteiger partial charge in [-0.2, -0.15) is 0 Å². The molecule has 3 saturated heterocycles. The molecule has 5 nitrogen and oxygen atoms in total. The molecule has 0 aromatic heterocycles. The minimum absolute atomic E-state index is 0.117. The smallest absolute Gasteiger partial charge is 0.245 e. The Bertz CT molecular complexity index is 418. The van der Waals surface area contributed by atoms with Crippen LogP contribution >= 0.6 is 0 Å². The van der Waals surface area contributed by atoms with E-state index in [4.69, 9.17) is 4.74 Å². The molecule has 3 aliphatic rings. The molecular weight excluding hydrogens is 268 g/mol. The van der Waals surface area contributed by atoms with E-state index in [0.717, 1.165) is 65.0 Å². The van der Waals surface area contributed by atoms with Crippen molar-refractivity contribution in [2.75, 3.05) is 32.8 Å². The molecule has 2 atom stereocenters. The van der Waals surface area contributed by atoms with Gasteiger partial charge in [0.25, 0.3) is 0 Å². The fourth-order valence-electron chi connectivity index (χ4n) is 4.00. The van der Waals surface area contributed by atoms with Crippen LogP contribution in [0.15, 0.2) is 0 Å². The second kappa shape index (κ2) is 5.95. The first kappa shape index (κ1) is 14.8. The van der Waals surface area contributed by atoms with Crippen LogP contribution in [0.25, 0.3) is 0 Å². The van der Waals surface area contributed by atoms with E-state index in [2.05, 4.69) is 0 Å². The summed E-state index contributed by atoms with van der Waals surface area (Å²) in [5.41, 5.74) is 0.198. The zero-order valence-electron chi connectivity index (χ0n) is 13.0. The van der Waals surface area contributed by atoms with Crippen molar-refractivity contribution < 1.29 is 14.3 Å². The molecule has 118 valence electrons. The quantitative estimate of drug-likeness (QED) is 0.774. The van der Waals surface area contributed by atoms with E-state index in [-0.39, 0.29) is 23.3 Å². The van der Waals surface area contributed by atoms with Crippen LogP contribution in [0.5, 0.6) is 0 Å². The number of carbonyl (C=O) groups excluding carboxylic acids is 2. The molecule has 0 aromatic carbocycles. The van der Waals surface area contributed by atoms with Gasteiger partial charge in [0.15, 0.2) is 0 Å². The fraction of sp³-hybridized carbons (Fsp3) is 0.875. The van der Waals surface area contributed by atoms with Crippen LogP contribution in [0, 0.1) is 5.41 Å². The van der Waals surface area contributed by atoms with E-state index in [9.17, 15) is 9.59 Å². The largest absolute Gasteiger partial charge is 0.381 e. The van der Waals surface area contributed by atoms with Crippen molar-refractivity contribution in [3.05, 3.63) is 0 Å². The summed E-state index contributed by atoms with van der Waals surface area (Å²) in [6.07, 6.45) is 5.50. The lowest BCUT2D eigenvalue weighted by Gasteiger charge is -2.37. The zero-order chi connectivity index (χ0) is 14.9. The number of nitrogens with zero attached hydrogens (tertiary/aromatic N) is 2. The van der Waals surface area contributed by atoms with Crippen molar-refractivity contribution >= 4 is 11.8 Å². The van der Waals surface area contributed by atoms with E-state index in [0.29, 0.717) is 6.42 Å². The molecule has 3 heterocycles. The number of piperidine rings is 1. The molecule has 0 radical (unpaired) electrons. The maximum absolute atomic E-state index is 12.9. The Morgan fingerprint density at radius 1 is 1.24 bits per heavy atom. The van der Waals surface area contributed by atoms with E-state index in [1.807, 2.05) is 16.7 Å². The van der Waals surface area contributed by atoms with Crippen LogP contribution in [-0.4, -0.2) is 60.5 Å². The minimum Gasteiger partial charge on any atom is -0.381 e. The standard InChI is InChI=1S/C16H26N2O3/c1-2-14(19)18-8-4-3-5-13(18)15(20)17-9-6-16(11-17)7-10-21-12-16/h13H,2-12H2,1H3. The molecule has 3 fully saturated rings. The van der Waals surface area contributed by atoms with Gasteiger partial charge in [0.05, 0.1) is 6.61 Å². The number of amides is 2. The summed E-state index contributed by atoms with van der Waals surface area (Å²) in [7, 11) is 0. The molecule has 1 spiro atoms. The summed E-state index contributed by atoms with van der Waals surface area (Å²) in [4.78, 5) is 28.8. The van der Waals surface area contributed by atoms with Crippen molar-refractivity contribution in [3.8, 4) is 0 Å². The maximum Gasteiger partial charge on any atom is 0.245 e. The van der Waals surface area contributed by atoms with Gasteiger partial charge in [0.2, 0.25) is 11.8 Å². The molecule has 2 unspecified atom stereocenters. The lowest BCUT2D eigenvalue weighted by molar-refractivity contribution is -0.147. The maximum atomic E-state index is 12.9. The summed E-state index contributed by atoms with van der Waals surface area (Å²) in [6, 6.07) is -0.219. The van der Waals surface area contributed by atoms with E-state index in [1.54, 1.807) is 0 Å². The monoisotopic (exact) mass is 294 g/mol. The second-order valence-corrected chi connectivity index (χ2v) is 6.76. The van der Waals surface area contributed by atoms with Crippen LogP contribution in [0.3, 0.4) is 0 Å². The zero-order valence-corrected chi connectivity index (χ0v) is 13.0. The first-order chi connectivity index (χ1) is 10.2. The first-order valence-corrected chi connectivity index (χ1v) is 8.31. The van der Waals surface area contributed by atoms with Crippen LogP contribution < -0.4 is 0 Å². The van der Waals surface area contributed by atoms with E-state index in [1.165, 1.54) is 0 Å². The third-order valence-corrected chi connectivity index (χ3v) is 5.35. The fourth-order valence-corrected chi connectivity index (χ4v) is 4.00. The first-order valence-electron chi connectivity index (χ1n) is 8.31. The van der Waals surface area contributed by atoms with Gasteiger partial charge in [-0.05, 0) is 32.1 Å². The second-order valence-electron chi connectivity index (χ2n) is 6.76. The third-order valence-electron chi connectivity index (χ3n) is 5.35. The van der Waals surface area contributed by atoms with Crippen molar-refractivity contribution in [2.24, 2.45) is 5.41 Å². The summed E-state index contributed by atoms with van der Waals surface area (Å²) in [5.74, 6) is 0.284. The van der Waals surface area contributed by atoms with Gasteiger partial charge in [0, 0.05) is 38.1 Å². The molecule has 21 heavy (non-hydrogen) atoms. The van der Waals surface area contributed by atoms with Gasteiger partial charge in [-0.1, -0.05) is 6.92 Å². The highest BCUT2D eigenvalue weighted by Gasteiger charge is 2.45. The van der Waals surface area contributed by atoms with Crippen LogP contribution in [0.2, 0.25) is 0 Å². The van der Waals surface area contributed by atoms with Crippen LogP contribution in [-0.2, 0) is 14.3 Å². The third kappa shape index (κ3) is 2.80. The van der Waals surface area contributed by atoms with Crippen molar-refractivity contribution in [1.82, 2.24) is 9.80 Å². The minimum atomic E-state index is -0.219. The van der Waals surface area contributed by atoms with Gasteiger partial charge in [0.1, 0.15) is 6.04 Å². The number of rotatable bonds is 2. The Balaban J connectivity index is 1.67. The molecule has 3 aliphatic heterocycles. The summed E-state index contributed by atoms with van der Waals surface area (Å²) in [6.45, 7) is 5.87. The highest BCUT2D eigenvalue weighted by atomic mass is 16.5. The van der Waals surface area contributed by atoms with Gasteiger partial charge < -0.3 is 14.5 Å². The number of ether oxygens (including phenoxy) is 1. The van der Waals surface area contributed by atoms with Gasteiger partial charge in [-0.15, -0.1) is 0 Å². The molecule has 0 aliphatic carbocycles. The number of hydrogen-bond acceptors (Lipinski definition) is 3. The SMILES string of the molecule is CCC(=O)N1CCCCC1C(=O)N1CCC2(CCOC2)C1. The predicted octanol–water partition coefficient (Wildman–Crippen LogP) is 1.42. The average molecular weight is 294 g/mol. The Labute approximate surface area is 126 Å². The molecular formula is C16H26N2O3. The lowest BCUT2D eigenvalue weighted by atomic mass is 9.87. The summed E-state index contributed by atoms with van der Waals surface area (Å²) < 4.78 is 5.53. The number of likely N-dealkylation sites (tertiary alicyclic amines) is 2. The molecule has 0 N–H and O–H groups in total. The molecule has 0 saturated carbocycles. The average Bonchev–Trinajstić information content (AvgIpc) is 3.16. The highest BCUT2D eigenvalue weighted by molar-refractivity contribution is 5.88.